The van der Waals surface area contributed by atoms with E-state index in [1.807, 2.05) is 13.8 Å². The third-order valence-electron chi connectivity index (χ3n) is 2.13. The van der Waals surface area contributed by atoms with Crippen LogP contribution in [0.15, 0.2) is 0 Å². The second-order valence-corrected chi connectivity index (χ2v) is 5.14. The summed E-state index contributed by atoms with van der Waals surface area (Å²) < 4.78 is 12.1. The average molecular weight is 233 g/mol. The lowest BCUT2D eigenvalue weighted by molar-refractivity contribution is -0.124. The van der Waals surface area contributed by atoms with Crippen molar-refractivity contribution in [1.82, 2.24) is 0 Å². The third kappa shape index (κ3) is 9.94. The minimum Gasteiger partial charge on any atom is -0.367 e. The molecule has 0 heterocycles. The topological polar surface area (TPSA) is 43.1 Å². The zero-order chi connectivity index (χ0) is 13.4. The van der Waals surface area contributed by atoms with Gasteiger partial charge >= 0.3 is 0 Å². The third-order valence-corrected chi connectivity index (χ3v) is 2.13. The molecule has 2 N–H and O–H groups in total. The van der Waals surface area contributed by atoms with Crippen LogP contribution in [0.25, 0.3) is 0 Å². The van der Waals surface area contributed by atoms with E-state index in [1.54, 1.807) is 0 Å². The second-order valence-electron chi connectivity index (χ2n) is 5.14. The number of hydrogen-bond donors (Lipinski definition) is 1. The number of alkyl halides is 1. The zero-order valence-corrected chi connectivity index (χ0v) is 11.7. The highest BCUT2D eigenvalue weighted by Crippen LogP contribution is 2.38. The van der Waals surface area contributed by atoms with E-state index < -0.39 is 11.6 Å². The number of amides is 1. The van der Waals surface area contributed by atoms with E-state index in [1.165, 1.54) is 12.8 Å². The number of carbonyl (C=O) groups is 1. The molecule has 0 bridgehead atoms. The highest BCUT2D eigenvalue weighted by atomic mass is 19.1. The Kier molecular flexibility index (Phi) is 8.49. The molecule has 3 heteroatoms. The minimum atomic E-state index is -1.61. The molecular formula is C13H28FNO. The van der Waals surface area contributed by atoms with E-state index in [9.17, 15) is 9.18 Å². The molecule has 16 heavy (non-hydrogen) atoms. The van der Waals surface area contributed by atoms with Crippen molar-refractivity contribution in [2.24, 2.45) is 11.1 Å². The summed E-state index contributed by atoms with van der Waals surface area (Å²) in [6, 6.07) is 0. The molecule has 0 radical (unpaired) electrons. The highest BCUT2D eigenvalue weighted by Gasteiger charge is 2.49. The molecule has 0 spiro atoms. The smallest absolute Gasteiger partial charge is 0.255 e. The first-order valence-corrected chi connectivity index (χ1v) is 6.20. The lowest BCUT2D eigenvalue weighted by atomic mass is 9.91. The maximum atomic E-state index is 12.1. The summed E-state index contributed by atoms with van der Waals surface area (Å²) in [7, 11) is 0. The maximum absolute atomic E-state index is 12.1. The Bertz CT molecular complexity index is 193. The Labute approximate surface area is 99.8 Å². The van der Waals surface area contributed by atoms with Gasteiger partial charge in [-0.1, -0.05) is 48.0 Å². The summed E-state index contributed by atoms with van der Waals surface area (Å²) in [6.07, 6.45) is 3.29. The van der Waals surface area contributed by atoms with Crippen LogP contribution in [-0.4, -0.2) is 11.6 Å². The molecule has 0 aromatic heterocycles. The average Bonchev–Trinajstić information content (AvgIpc) is 2.87. The predicted octanol–water partition coefficient (Wildman–Crippen LogP) is 3.83. The van der Waals surface area contributed by atoms with Crippen LogP contribution in [0.4, 0.5) is 4.39 Å². The summed E-state index contributed by atoms with van der Waals surface area (Å²) in [4.78, 5) is 9.93. The normalized spacial score (nSPS) is 16.2. The predicted molar refractivity (Wildman–Crippen MR) is 68.0 cm³/mol. The van der Waals surface area contributed by atoms with Crippen LogP contribution < -0.4 is 5.73 Å². The van der Waals surface area contributed by atoms with Gasteiger partial charge in [0.25, 0.3) is 5.91 Å². The first kappa shape index (κ1) is 17.8. The number of hydrogen-bond acceptors (Lipinski definition) is 1. The zero-order valence-electron chi connectivity index (χ0n) is 11.7. The van der Waals surface area contributed by atoms with Crippen molar-refractivity contribution >= 4 is 5.91 Å². The first-order chi connectivity index (χ1) is 7.21. The molecule has 1 rings (SSSR count). The van der Waals surface area contributed by atoms with Gasteiger partial charge in [0.05, 0.1) is 0 Å². The Hall–Kier alpha value is -0.600. The molecule has 0 atom stereocenters. The number of halogens is 1. The molecule has 1 saturated carbocycles. The Balaban J connectivity index is 0. The molecule has 0 aliphatic heterocycles. The van der Waals surface area contributed by atoms with Gasteiger partial charge < -0.3 is 5.73 Å². The van der Waals surface area contributed by atoms with Gasteiger partial charge in [-0.3, -0.25) is 4.79 Å². The molecule has 0 unspecified atom stereocenters. The standard InChI is InChI=1S/C7H16.C4H6FNO.C2H6/c1-5-6-7(2,3)4;5-4(1-2-4)3(6)7;1-2/h5-6H2,1-4H3;1-2H2,(H2,6,7);1-2H3. The van der Waals surface area contributed by atoms with Crippen molar-refractivity contribution in [2.45, 2.75) is 72.9 Å². The van der Waals surface area contributed by atoms with Gasteiger partial charge in [-0.2, -0.15) is 0 Å². The van der Waals surface area contributed by atoms with E-state index in [-0.39, 0.29) is 0 Å². The van der Waals surface area contributed by atoms with Crippen LogP contribution in [0.5, 0.6) is 0 Å². The molecule has 1 aliphatic rings. The van der Waals surface area contributed by atoms with E-state index >= 15 is 0 Å². The fourth-order valence-corrected chi connectivity index (χ4v) is 1.11. The second kappa shape index (κ2) is 7.64. The van der Waals surface area contributed by atoms with Crippen LogP contribution >= 0.6 is 0 Å². The Morgan fingerprint density at radius 3 is 1.69 bits per heavy atom. The summed E-state index contributed by atoms with van der Waals surface area (Å²) in [5, 5.41) is 0. The number of carbonyl (C=O) groups excluding carboxylic acids is 1. The van der Waals surface area contributed by atoms with E-state index in [0.717, 1.165) is 0 Å². The maximum Gasteiger partial charge on any atom is 0.255 e. The van der Waals surface area contributed by atoms with Crippen molar-refractivity contribution in [3.05, 3.63) is 0 Å². The van der Waals surface area contributed by atoms with E-state index in [0.29, 0.717) is 18.3 Å². The molecule has 0 saturated heterocycles. The first-order valence-electron chi connectivity index (χ1n) is 6.20. The van der Waals surface area contributed by atoms with Crippen LogP contribution in [-0.2, 0) is 4.79 Å². The van der Waals surface area contributed by atoms with Gasteiger partial charge in [0.15, 0.2) is 5.67 Å². The number of primary amides is 1. The van der Waals surface area contributed by atoms with Crippen LogP contribution in [0.1, 0.15) is 67.2 Å². The summed E-state index contributed by atoms with van der Waals surface area (Å²) in [5.41, 5.74) is 3.56. The molecular weight excluding hydrogens is 205 g/mol. The Morgan fingerprint density at radius 1 is 1.31 bits per heavy atom. The van der Waals surface area contributed by atoms with Gasteiger partial charge in [-0.05, 0) is 24.7 Å². The van der Waals surface area contributed by atoms with E-state index in [4.69, 9.17) is 0 Å². The van der Waals surface area contributed by atoms with Crippen molar-refractivity contribution in [3.63, 3.8) is 0 Å². The van der Waals surface area contributed by atoms with Crippen molar-refractivity contribution < 1.29 is 9.18 Å². The molecule has 0 aromatic rings. The molecule has 2 nitrogen and oxygen atoms in total. The molecule has 1 amide bonds. The monoisotopic (exact) mass is 233 g/mol. The highest BCUT2D eigenvalue weighted by molar-refractivity contribution is 5.86. The van der Waals surface area contributed by atoms with Crippen molar-refractivity contribution in [1.29, 1.82) is 0 Å². The van der Waals surface area contributed by atoms with Gasteiger partial charge in [0.2, 0.25) is 0 Å². The molecule has 1 aliphatic carbocycles. The number of rotatable bonds is 2. The van der Waals surface area contributed by atoms with Crippen molar-refractivity contribution in [3.8, 4) is 0 Å². The summed E-state index contributed by atoms with van der Waals surface area (Å²) >= 11 is 0. The summed E-state index contributed by atoms with van der Waals surface area (Å²) in [6.45, 7) is 13.1. The fraction of sp³-hybridized carbons (Fsp3) is 0.923. The van der Waals surface area contributed by atoms with Gasteiger partial charge in [-0.25, -0.2) is 4.39 Å². The van der Waals surface area contributed by atoms with Gasteiger partial charge in [0, 0.05) is 0 Å². The summed E-state index contributed by atoms with van der Waals surface area (Å²) in [5.74, 6) is -0.812. The van der Waals surface area contributed by atoms with E-state index in [2.05, 4.69) is 33.4 Å². The lowest BCUT2D eigenvalue weighted by Gasteiger charge is -2.15. The molecule has 98 valence electrons. The van der Waals surface area contributed by atoms with Crippen LogP contribution in [0, 0.1) is 5.41 Å². The van der Waals surface area contributed by atoms with Gasteiger partial charge in [-0.15, -0.1) is 0 Å². The number of nitrogens with two attached hydrogens (primary N) is 1. The quantitative estimate of drug-likeness (QED) is 0.774. The largest absolute Gasteiger partial charge is 0.367 e. The van der Waals surface area contributed by atoms with Crippen LogP contribution in [0.2, 0.25) is 0 Å². The van der Waals surface area contributed by atoms with Crippen molar-refractivity contribution in [2.75, 3.05) is 0 Å². The molecule has 0 aromatic carbocycles. The lowest BCUT2D eigenvalue weighted by Crippen LogP contribution is -2.25. The fourth-order valence-electron chi connectivity index (χ4n) is 1.11. The van der Waals surface area contributed by atoms with Crippen LogP contribution in [0.3, 0.4) is 0 Å². The Morgan fingerprint density at radius 2 is 1.69 bits per heavy atom. The SMILES string of the molecule is CC.CCCC(C)(C)C.NC(=O)C1(F)CC1. The molecule has 1 fully saturated rings. The minimum absolute atomic E-state index is 0.322. The van der Waals surface area contributed by atoms with Gasteiger partial charge in [0.1, 0.15) is 0 Å².